The van der Waals surface area contributed by atoms with Crippen molar-refractivity contribution in [1.82, 2.24) is 0 Å². The molecule has 22 heteroatoms. The van der Waals surface area contributed by atoms with E-state index in [-0.39, 0.29) is 8.78 Å². The second-order valence-electron chi connectivity index (χ2n) is 14.0. The van der Waals surface area contributed by atoms with Crippen molar-refractivity contribution in [3.05, 3.63) is 0 Å². The molecule has 0 aromatic heterocycles. The van der Waals surface area contributed by atoms with Gasteiger partial charge in [0.15, 0.2) is 33.3 Å². The number of hydrogen-bond donors (Lipinski definition) is 3. The largest absolute Gasteiger partial charge is 0 e. The Balaban J connectivity index is -0.000000293. The average molecular weight is 715 g/mol. The van der Waals surface area contributed by atoms with E-state index < -0.39 is 75.8 Å². The van der Waals surface area contributed by atoms with Gasteiger partial charge >= 0.3 is 55.4 Å². The minimum Gasteiger partial charge on any atom is 0 e. The fourth-order valence-corrected chi connectivity index (χ4v) is 33.8. The summed E-state index contributed by atoms with van der Waals surface area (Å²) in [6.07, 6.45) is 0. The Bertz CT molecular complexity index is 720. The van der Waals surface area contributed by atoms with Crippen LogP contribution in [0, 0.1) is 0 Å². The maximum Gasteiger partial charge on any atom is 0 e. The number of hydrogen-bond acceptors (Lipinski definition) is 12. The van der Waals surface area contributed by atoms with Crippen LogP contribution < -0.4 is 0 Å². The molecule has 0 rings (SSSR count). The van der Waals surface area contributed by atoms with Gasteiger partial charge in [-0.25, -0.2) is 0 Å². The Morgan fingerprint density at radius 1 is 0.600 bits per heavy atom. The maximum absolute atomic E-state index is 9.12. The summed E-state index contributed by atoms with van der Waals surface area (Å²) in [5.41, 5.74) is 0. The van der Waals surface area contributed by atoms with Crippen LogP contribution in [-0.4, -0.2) is 98.5 Å². The maximum atomic E-state index is 9.12. The van der Waals surface area contributed by atoms with Gasteiger partial charge in [0.1, 0.15) is 0 Å². The fourth-order valence-electron chi connectivity index (χ4n) is 3.70. The van der Waals surface area contributed by atoms with Crippen molar-refractivity contribution >= 4 is 83.2 Å². The van der Waals surface area contributed by atoms with E-state index in [4.69, 9.17) is 49.0 Å². The zero-order chi connectivity index (χ0) is 33.0. The van der Waals surface area contributed by atoms with Gasteiger partial charge in [-0.15, -0.1) is 0 Å². The summed E-state index contributed by atoms with van der Waals surface area (Å²) >= 11 is 0. The summed E-state index contributed by atoms with van der Waals surface area (Å²) in [5.74, 6) is 0. The molecule has 0 bridgehead atoms. The Hall–Kier alpha value is 1.06. The van der Waals surface area contributed by atoms with Gasteiger partial charge in [-0.05, 0) is 111 Å². The smallest absolute Gasteiger partial charge is 0 e. The van der Waals surface area contributed by atoms with Crippen LogP contribution in [0.25, 0.3) is 0 Å². The summed E-state index contributed by atoms with van der Waals surface area (Å²) in [6.45, 7) is 37.4. The predicted octanol–water partition coefficient (Wildman–Crippen LogP) is 4.91. The van der Waals surface area contributed by atoms with Gasteiger partial charge in [-0.1, -0.05) is 0 Å². The average Bonchev–Trinajstić information content (AvgIpc) is 2.51. The third-order valence-electron chi connectivity index (χ3n) is 3.36. The minimum absolute atomic E-state index is 0. The molecule has 0 saturated carbocycles. The Morgan fingerprint density at radius 3 is 1.23 bits per heavy atom. The molecule has 12 nitrogen and oxygen atoms in total. The Kier molecular flexibility index (Phi) is 20.6. The molecule has 0 radical (unpaired) electrons. The molecule has 0 aliphatic carbocycles. The third kappa shape index (κ3) is 33.6. The van der Waals surface area contributed by atoms with Crippen molar-refractivity contribution in [2.24, 2.45) is 0 Å². The molecule has 2 unspecified atom stereocenters. The van der Waals surface area contributed by atoms with Gasteiger partial charge in [0, 0.05) is 7.97 Å². The van der Waals surface area contributed by atoms with Gasteiger partial charge < -0.3 is 39.1 Å². The van der Waals surface area contributed by atoms with E-state index in [2.05, 4.69) is 83.4 Å². The van der Waals surface area contributed by atoms with Crippen molar-refractivity contribution in [1.29, 1.82) is 0 Å². The molecule has 0 saturated heterocycles. The molecular formula is C18H60B2O12Si8. The second-order valence-corrected chi connectivity index (χ2v) is 44.7. The van der Waals surface area contributed by atoms with Crippen molar-refractivity contribution in [3.63, 3.8) is 0 Å². The zero-order valence-corrected chi connectivity index (χ0v) is 36.4. The van der Waals surface area contributed by atoms with Crippen LogP contribution in [0.15, 0.2) is 0 Å². The normalized spacial score (nSPS) is 15.4. The van der Waals surface area contributed by atoms with Crippen LogP contribution in [0.3, 0.4) is 0 Å². The van der Waals surface area contributed by atoms with Crippen LogP contribution >= 0.6 is 0 Å². The van der Waals surface area contributed by atoms with Gasteiger partial charge in [-0.3, -0.25) is 0 Å². The predicted molar refractivity (Wildman–Crippen MR) is 183 cm³/mol. The van der Waals surface area contributed by atoms with Crippen LogP contribution in [0.5, 0.6) is 0 Å². The quantitative estimate of drug-likeness (QED) is 0.120. The molecule has 242 valence electrons. The SMILES string of the molecule is C[SiH](O[Si](C)(C)C)O[Si](C)(C)O[Si](C)(C)C.C[Si](C)(C)O[Si](C)(C)O[Si](C)(OB(O)O)O[Si](C)(C)C.O=BOO.[HH]. The molecule has 0 aliphatic rings. The first kappa shape index (κ1) is 45.5. The summed E-state index contributed by atoms with van der Waals surface area (Å²) in [5, 5.41) is 25.2. The Morgan fingerprint density at radius 2 is 0.950 bits per heavy atom. The Labute approximate surface area is 255 Å². The molecule has 0 aliphatic heterocycles. The minimum atomic E-state index is -3.16. The van der Waals surface area contributed by atoms with Crippen molar-refractivity contribution < 1.29 is 55.3 Å². The molecule has 0 fully saturated rings. The molecule has 2 atom stereocenters. The van der Waals surface area contributed by atoms with E-state index in [0.29, 0.717) is 0 Å². The molecule has 0 spiro atoms. The molecule has 0 aromatic rings. The molecule has 0 aromatic carbocycles. The molecular weight excluding hydrogens is 654 g/mol. The van der Waals surface area contributed by atoms with Crippen LogP contribution in [-0.2, 0) is 38.5 Å². The topological polar surface area (TPSA) is 152 Å². The van der Waals surface area contributed by atoms with Crippen LogP contribution in [0.4, 0.5) is 0 Å². The van der Waals surface area contributed by atoms with E-state index in [0.717, 1.165) is 0 Å². The monoisotopic (exact) mass is 714 g/mol. The van der Waals surface area contributed by atoms with Gasteiger partial charge in [-0.2, -0.15) is 0 Å². The van der Waals surface area contributed by atoms with E-state index in [1.807, 2.05) is 32.7 Å². The van der Waals surface area contributed by atoms with E-state index in [1.165, 1.54) is 0 Å². The van der Waals surface area contributed by atoms with Crippen molar-refractivity contribution in [3.8, 4) is 0 Å². The van der Waals surface area contributed by atoms with Crippen molar-refractivity contribution in [2.75, 3.05) is 0 Å². The molecule has 0 heterocycles. The third-order valence-corrected chi connectivity index (χ3v) is 28.0. The first-order chi connectivity index (χ1) is 17.3. The standard InChI is InChI=1S/C9H29BO6Si4.C9H28O3Si4.BHO3.H2/c1-17(2,3)14-19(7,8)16-20(9,13-10(11)12)15-18(4,5)6;1-13(10-14(2,3)4)11-16(8,9)12-15(5,6)7;2-1-4-3;/h11-12H,1-9H3;13H,1-9H3;3H;1H. The van der Waals surface area contributed by atoms with Gasteiger partial charge in [0.05, 0.1) is 0 Å². The van der Waals surface area contributed by atoms with E-state index >= 15 is 0 Å². The summed E-state index contributed by atoms with van der Waals surface area (Å²) in [6, 6.07) is 0. The first-order valence-corrected chi connectivity index (χ1v) is 36.8. The molecule has 3 N–H and O–H groups in total. The second kappa shape index (κ2) is 18.1. The van der Waals surface area contributed by atoms with Gasteiger partial charge in [0.25, 0.3) is 9.28 Å². The van der Waals surface area contributed by atoms with E-state index in [1.54, 1.807) is 6.55 Å². The zero-order valence-electron chi connectivity index (χ0n) is 28.2. The van der Waals surface area contributed by atoms with Gasteiger partial charge in [0.2, 0.25) is 0 Å². The van der Waals surface area contributed by atoms with Crippen LogP contribution in [0.2, 0.25) is 118 Å². The molecule has 40 heavy (non-hydrogen) atoms. The van der Waals surface area contributed by atoms with Crippen LogP contribution in [0.1, 0.15) is 1.43 Å². The molecule has 0 amide bonds. The summed E-state index contributed by atoms with van der Waals surface area (Å²) in [7, 11) is -17.8. The van der Waals surface area contributed by atoms with Crippen molar-refractivity contribution in [2.45, 2.75) is 118 Å². The summed E-state index contributed by atoms with van der Waals surface area (Å²) in [4.78, 5) is 2.86. The number of rotatable bonds is 15. The van der Waals surface area contributed by atoms with E-state index in [9.17, 15) is 0 Å². The summed E-state index contributed by atoms with van der Waals surface area (Å²) < 4.78 is 50.2. The fraction of sp³-hybridized carbons (Fsp3) is 1.00. The first-order valence-electron chi connectivity index (χ1n) is 13.2.